The first kappa shape index (κ1) is 18.0. The molecule has 152 valence electrons. The van der Waals surface area contributed by atoms with E-state index in [1.54, 1.807) is 0 Å². The molecule has 4 heteroatoms. The Bertz CT molecular complexity index is 1410. The fourth-order valence-corrected chi connectivity index (χ4v) is 4.84. The summed E-state index contributed by atoms with van der Waals surface area (Å²) in [6, 6.07) is 27.6. The highest BCUT2D eigenvalue weighted by Crippen LogP contribution is 2.46. The van der Waals surface area contributed by atoms with Gasteiger partial charge in [0.1, 0.15) is 5.58 Å². The summed E-state index contributed by atoms with van der Waals surface area (Å²) in [5.41, 5.74) is 6.43. The van der Waals surface area contributed by atoms with Gasteiger partial charge in [0, 0.05) is 35.2 Å². The molecule has 31 heavy (non-hydrogen) atoms. The molecule has 0 radical (unpaired) electrons. The number of nitrogens with zero attached hydrogens (tertiary/aromatic N) is 3. The lowest BCUT2D eigenvalue weighted by Crippen LogP contribution is -2.44. The number of benzene rings is 3. The van der Waals surface area contributed by atoms with Crippen molar-refractivity contribution in [1.29, 1.82) is 0 Å². The highest BCUT2D eigenvalue weighted by atomic mass is 16.3. The van der Waals surface area contributed by atoms with Gasteiger partial charge in [0.2, 0.25) is 0 Å². The van der Waals surface area contributed by atoms with E-state index in [-0.39, 0.29) is 6.04 Å². The van der Waals surface area contributed by atoms with Gasteiger partial charge in [-0.25, -0.2) is 4.98 Å². The lowest BCUT2D eigenvalue weighted by Gasteiger charge is -2.42. The number of para-hydroxylation sites is 2. The van der Waals surface area contributed by atoms with Crippen LogP contribution in [-0.4, -0.2) is 17.6 Å². The maximum absolute atomic E-state index is 6.40. The van der Waals surface area contributed by atoms with Crippen LogP contribution in [-0.2, 0) is 0 Å². The zero-order chi connectivity index (χ0) is 20.9. The van der Waals surface area contributed by atoms with Crippen molar-refractivity contribution >= 4 is 44.8 Å². The van der Waals surface area contributed by atoms with Gasteiger partial charge in [-0.2, -0.15) is 0 Å². The fraction of sp³-hybridized carbons (Fsp3) is 0.148. The first-order chi connectivity index (χ1) is 15.2. The van der Waals surface area contributed by atoms with Gasteiger partial charge in [-0.15, -0.1) is 0 Å². The summed E-state index contributed by atoms with van der Waals surface area (Å²) in [4.78, 5) is 9.55. The second kappa shape index (κ2) is 6.88. The van der Waals surface area contributed by atoms with Crippen molar-refractivity contribution in [1.82, 2.24) is 4.98 Å². The highest BCUT2D eigenvalue weighted by molar-refractivity contribution is 6.10. The highest BCUT2D eigenvalue weighted by Gasteiger charge is 2.33. The molecule has 0 fully saturated rings. The van der Waals surface area contributed by atoms with E-state index in [0.717, 1.165) is 45.7 Å². The molecule has 0 aliphatic carbocycles. The van der Waals surface area contributed by atoms with Crippen LogP contribution < -0.4 is 9.80 Å². The zero-order valence-electron chi connectivity index (χ0n) is 17.6. The molecule has 0 saturated carbocycles. The molecular formula is C27H23N3O. The third-order valence-electron chi connectivity index (χ3n) is 6.20. The van der Waals surface area contributed by atoms with Gasteiger partial charge in [-0.05, 0) is 49.7 Å². The van der Waals surface area contributed by atoms with Crippen LogP contribution in [0.2, 0.25) is 0 Å². The summed E-state index contributed by atoms with van der Waals surface area (Å²) in [6.07, 6.45) is 1.87. The summed E-state index contributed by atoms with van der Waals surface area (Å²) < 4.78 is 6.40. The van der Waals surface area contributed by atoms with Gasteiger partial charge in [0.15, 0.2) is 11.4 Å². The fourth-order valence-electron chi connectivity index (χ4n) is 4.84. The predicted octanol–water partition coefficient (Wildman–Crippen LogP) is 6.97. The molecule has 1 atom stereocenters. The van der Waals surface area contributed by atoms with Crippen LogP contribution in [0.4, 0.5) is 22.9 Å². The molecule has 0 saturated heterocycles. The Morgan fingerprint density at radius 1 is 0.871 bits per heavy atom. The van der Waals surface area contributed by atoms with Crippen molar-refractivity contribution in [2.75, 3.05) is 16.3 Å². The largest absolute Gasteiger partial charge is 0.454 e. The molecule has 6 rings (SSSR count). The van der Waals surface area contributed by atoms with E-state index in [0.29, 0.717) is 0 Å². The van der Waals surface area contributed by atoms with E-state index < -0.39 is 0 Å². The van der Waals surface area contributed by atoms with Crippen LogP contribution in [0.5, 0.6) is 0 Å². The summed E-state index contributed by atoms with van der Waals surface area (Å²) in [7, 11) is 0. The van der Waals surface area contributed by atoms with Gasteiger partial charge < -0.3 is 14.2 Å². The number of aromatic nitrogens is 1. The average Bonchev–Trinajstić information content (AvgIpc) is 3.18. The lowest BCUT2D eigenvalue weighted by atomic mass is 10.0. The van der Waals surface area contributed by atoms with Crippen LogP contribution in [0.3, 0.4) is 0 Å². The molecule has 3 heterocycles. The number of anilines is 4. The minimum atomic E-state index is 0.262. The number of pyridine rings is 1. The van der Waals surface area contributed by atoms with Crippen molar-refractivity contribution < 1.29 is 4.42 Å². The predicted molar refractivity (Wildman–Crippen MR) is 128 cm³/mol. The number of aryl methyl sites for hydroxylation is 1. The zero-order valence-corrected chi connectivity index (χ0v) is 17.6. The monoisotopic (exact) mass is 405 g/mol. The van der Waals surface area contributed by atoms with Gasteiger partial charge in [-0.3, -0.25) is 0 Å². The number of hydrogen-bond donors (Lipinski definition) is 0. The minimum Gasteiger partial charge on any atom is -0.454 e. The molecule has 3 aromatic carbocycles. The van der Waals surface area contributed by atoms with Crippen molar-refractivity contribution in [3.63, 3.8) is 0 Å². The van der Waals surface area contributed by atoms with E-state index >= 15 is 0 Å². The van der Waals surface area contributed by atoms with Gasteiger partial charge in [-0.1, -0.05) is 48.5 Å². The lowest BCUT2D eigenvalue weighted by molar-refractivity contribution is 0.653. The first-order valence-electron chi connectivity index (χ1n) is 10.7. The van der Waals surface area contributed by atoms with Crippen LogP contribution >= 0.6 is 0 Å². The number of rotatable bonds is 2. The normalized spacial score (nSPS) is 16.1. The third kappa shape index (κ3) is 2.72. The van der Waals surface area contributed by atoms with E-state index in [2.05, 4.69) is 84.3 Å². The number of furan rings is 1. The van der Waals surface area contributed by atoms with Crippen molar-refractivity contribution in [2.24, 2.45) is 0 Å². The molecular weight excluding hydrogens is 382 g/mol. The van der Waals surface area contributed by atoms with Crippen LogP contribution in [0, 0.1) is 6.92 Å². The third-order valence-corrected chi connectivity index (χ3v) is 6.20. The average molecular weight is 406 g/mol. The van der Waals surface area contributed by atoms with Gasteiger partial charge in [0.05, 0.1) is 11.4 Å². The SMILES string of the molecule is Cc1ccc2c(oc3ccccc32)c1N1C[C@H](C)N(c2ccccc2)c2cccnc21. The van der Waals surface area contributed by atoms with Crippen LogP contribution in [0.1, 0.15) is 12.5 Å². The molecule has 0 spiro atoms. The van der Waals surface area contributed by atoms with Crippen LogP contribution in [0.15, 0.2) is 89.5 Å². The smallest absolute Gasteiger partial charge is 0.159 e. The first-order valence-corrected chi connectivity index (χ1v) is 10.7. The maximum atomic E-state index is 6.40. The van der Waals surface area contributed by atoms with Crippen LogP contribution in [0.25, 0.3) is 21.9 Å². The molecule has 4 nitrogen and oxygen atoms in total. The Kier molecular flexibility index (Phi) is 4.00. The topological polar surface area (TPSA) is 32.5 Å². The molecule has 1 aliphatic heterocycles. The minimum absolute atomic E-state index is 0.262. The summed E-state index contributed by atoms with van der Waals surface area (Å²) in [5.74, 6) is 0.959. The Hall–Kier alpha value is -3.79. The van der Waals surface area contributed by atoms with Crippen molar-refractivity contribution in [3.8, 4) is 0 Å². The quantitative estimate of drug-likeness (QED) is 0.317. The van der Waals surface area contributed by atoms with E-state index in [9.17, 15) is 0 Å². The Morgan fingerprint density at radius 2 is 1.68 bits per heavy atom. The molecule has 0 amide bonds. The number of fused-ring (bicyclic) bond motifs is 4. The Labute approximate surface area is 181 Å². The molecule has 2 aromatic heterocycles. The van der Waals surface area contributed by atoms with Gasteiger partial charge in [0.25, 0.3) is 0 Å². The van der Waals surface area contributed by atoms with Crippen molar-refractivity contribution in [3.05, 3.63) is 90.6 Å². The standard InChI is InChI=1S/C27H23N3O/c1-18-14-15-22-21-11-6-7-13-24(21)31-26(22)25(18)29-17-19(2)30(20-9-4-3-5-10-20)23-12-8-16-28-27(23)29/h3-16,19H,17H2,1-2H3/t19-/m0/s1. The van der Waals surface area contributed by atoms with Gasteiger partial charge >= 0.3 is 0 Å². The van der Waals surface area contributed by atoms with E-state index in [4.69, 9.17) is 9.40 Å². The van der Waals surface area contributed by atoms with E-state index in [1.165, 1.54) is 11.3 Å². The molecule has 0 bridgehead atoms. The summed E-state index contributed by atoms with van der Waals surface area (Å²) in [6.45, 7) is 5.23. The van der Waals surface area contributed by atoms with Crippen molar-refractivity contribution in [2.45, 2.75) is 19.9 Å². The summed E-state index contributed by atoms with van der Waals surface area (Å²) >= 11 is 0. The second-order valence-corrected chi connectivity index (χ2v) is 8.22. The second-order valence-electron chi connectivity index (χ2n) is 8.22. The molecule has 1 aliphatic rings. The summed E-state index contributed by atoms with van der Waals surface area (Å²) in [5, 5.41) is 2.29. The Morgan fingerprint density at radius 3 is 2.55 bits per heavy atom. The Balaban J connectivity index is 1.59. The molecule has 0 N–H and O–H groups in total. The van der Waals surface area contributed by atoms with E-state index in [1.807, 2.05) is 24.4 Å². The molecule has 5 aromatic rings. The molecule has 0 unspecified atom stereocenters. The maximum Gasteiger partial charge on any atom is 0.159 e. The number of hydrogen-bond acceptors (Lipinski definition) is 4.